The summed E-state index contributed by atoms with van der Waals surface area (Å²) in [5.41, 5.74) is 0.663. The summed E-state index contributed by atoms with van der Waals surface area (Å²) in [4.78, 5) is 0. The second kappa shape index (κ2) is 24.6. The van der Waals surface area contributed by atoms with E-state index in [4.69, 9.17) is 0 Å². The number of aromatic nitrogens is 1. The molecule has 1 heterocycles. The second-order valence-corrected chi connectivity index (χ2v) is 13.3. The van der Waals surface area contributed by atoms with Gasteiger partial charge in [-0.15, -0.1) is 8.42 Å². The van der Waals surface area contributed by atoms with Crippen molar-refractivity contribution in [2.75, 3.05) is 0 Å². The molecule has 0 fully saturated rings. The van der Waals surface area contributed by atoms with Crippen LogP contribution in [-0.2, 0) is 23.1 Å². The van der Waals surface area contributed by atoms with Gasteiger partial charge in [-0.3, -0.25) is 0 Å². The smallest absolute Gasteiger partial charge is 0.233 e. The first-order valence-electron chi connectivity index (χ1n) is 17.1. The predicted molar refractivity (Wildman–Crippen MR) is 168 cm³/mol. The minimum atomic E-state index is -4.51. The Morgan fingerprint density at radius 1 is 0.575 bits per heavy atom. The molecule has 1 N–H and O–H groups in total. The molecule has 0 unspecified atom stereocenters. The van der Waals surface area contributed by atoms with E-state index in [0.29, 0.717) is 18.4 Å². The Kier molecular flexibility index (Phi) is 22.7. The molecular formula is C34H63FNO3S+. The zero-order valence-corrected chi connectivity index (χ0v) is 27.1. The first-order valence-corrected chi connectivity index (χ1v) is 18.5. The molecule has 1 aromatic heterocycles. The Hall–Kier alpha value is -1.01. The maximum absolute atomic E-state index is 15.3. The van der Waals surface area contributed by atoms with Crippen LogP contribution in [0.25, 0.3) is 0 Å². The normalized spacial score (nSPS) is 11.9. The van der Waals surface area contributed by atoms with Crippen LogP contribution in [0, 0.1) is 5.82 Å². The van der Waals surface area contributed by atoms with Gasteiger partial charge in [0, 0.05) is 18.1 Å². The van der Waals surface area contributed by atoms with Crippen molar-refractivity contribution >= 4 is 10.3 Å². The number of halogens is 1. The summed E-state index contributed by atoms with van der Waals surface area (Å²) in [6, 6.07) is 1.52. The lowest BCUT2D eigenvalue weighted by Crippen LogP contribution is -2.46. The van der Waals surface area contributed by atoms with Crippen LogP contribution < -0.4 is 3.97 Å². The maximum Gasteiger partial charge on any atom is 0.511 e. The fraction of sp³-hybridized carbons (Fsp3) is 0.853. The van der Waals surface area contributed by atoms with Gasteiger partial charge in [0.2, 0.25) is 5.69 Å². The van der Waals surface area contributed by atoms with E-state index in [1.165, 1.54) is 141 Å². The molecule has 0 aliphatic carbocycles. The third kappa shape index (κ3) is 18.4. The van der Waals surface area contributed by atoms with E-state index in [2.05, 4.69) is 13.8 Å². The molecule has 1 aromatic rings. The maximum atomic E-state index is 15.3. The second-order valence-electron chi connectivity index (χ2n) is 12.0. The molecule has 0 aromatic carbocycles. The Labute approximate surface area is 247 Å². The molecule has 0 radical (unpaired) electrons. The number of rotatable bonds is 28. The molecule has 4 nitrogen and oxygen atoms in total. The van der Waals surface area contributed by atoms with Crippen molar-refractivity contribution in [3.05, 3.63) is 29.3 Å². The molecule has 0 atom stereocenters. The molecule has 6 heteroatoms. The summed E-state index contributed by atoms with van der Waals surface area (Å²) < 4.78 is 49.4. The minimum Gasteiger partial charge on any atom is -0.233 e. The highest BCUT2D eigenvalue weighted by Gasteiger charge is 2.28. The van der Waals surface area contributed by atoms with Crippen LogP contribution in [0.5, 0.6) is 0 Å². The number of unbranched alkanes of at least 4 members (excludes halogenated alkanes) is 23. The quantitative estimate of drug-likeness (QED) is 0.0605. The Bertz CT molecular complexity index is 844. The molecule has 234 valence electrons. The molecule has 0 saturated carbocycles. The zero-order chi connectivity index (χ0) is 29.3. The Morgan fingerprint density at radius 2 is 0.900 bits per heavy atom. The van der Waals surface area contributed by atoms with Gasteiger partial charge in [0.1, 0.15) is 0 Å². The molecule has 40 heavy (non-hydrogen) atoms. The number of hydrogen-bond donors (Lipinski definition) is 1. The largest absolute Gasteiger partial charge is 0.511 e. The monoisotopic (exact) mass is 584 g/mol. The van der Waals surface area contributed by atoms with E-state index in [0.717, 1.165) is 36.1 Å². The predicted octanol–water partition coefficient (Wildman–Crippen LogP) is 10.6. The molecule has 0 spiro atoms. The molecule has 0 bridgehead atoms. The molecule has 0 saturated heterocycles. The average molecular weight is 585 g/mol. The molecule has 0 amide bonds. The summed E-state index contributed by atoms with van der Waals surface area (Å²) in [5.74, 6) is -0.458. The van der Waals surface area contributed by atoms with E-state index < -0.39 is 16.1 Å². The van der Waals surface area contributed by atoms with Crippen LogP contribution in [0.15, 0.2) is 12.3 Å². The van der Waals surface area contributed by atoms with Gasteiger partial charge in [-0.05, 0) is 19.3 Å². The van der Waals surface area contributed by atoms with Gasteiger partial charge in [-0.2, -0.15) is 4.39 Å². The number of aryl methyl sites for hydroxylation is 1. The Morgan fingerprint density at radius 3 is 1.25 bits per heavy atom. The molecule has 1 rings (SSSR count). The van der Waals surface area contributed by atoms with Crippen molar-refractivity contribution in [3.63, 3.8) is 0 Å². The van der Waals surface area contributed by atoms with Crippen LogP contribution in [0.2, 0.25) is 0 Å². The summed E-state index contributed by atoms with van der Waals surface area (Å²) in [7, 11) is -4.51. The Balaban J connectivity index is 2.24. The van der Waals surface area contributed by atoms with Gasteiger partial charge < -0.3 is 0 Å². The number of pyridine rings is 1. The van der Waals surface area contributed by atoms with E-state index in [-0.39, 0.29) is 5.69 Å². The number of nitrogens with zero attached hydrogens (tertiary/aromatic N) is 1. The highest BCUT2D eigenvalue weighted by Crippen LogP contribution is 2.18. The van der Waals surface area contributed by atoms with Crippen molar-refractivity contribution < 1.29 is 21.3 Å². The van der Waals surface area contributed by atoms with Gasteiger partial charge in [-0.25, -0.2) is 4.55 Å². The third-order valence-electron chi connectivity index (χ3n) is 8.28. The first kappa shape index (κ1) is 37.0. The summed E-state index contributed by atoms with van der Waals surface area (Å²) in [6.45, 7) is 4.49. The van der Waals surface area contributed by atoms with Crippen LogP contribution in [0.3, 0.4) is 0 Å². The summed E-state index contributed by atoms with van der Waals surface area (Å²) >= 11 is 0. The minimum absolute atomic E-state index is 0.0967. The highest BCUT2D eigenvalue weighted by molar-refractivity contribution is 7.79. The lowest BCUT2D eigenvalue weighted by Gasteiger charge is -2.08. The summed E-state index contributed by atoms with van der Waals surface area (Å²) in [6.07, 6.45) is 33.4. The summed E-state index contributed by atoms with van der Waals surface area (Å²) in [5, 5.41) is 0. The zero-order valence-electron chi connectivity index (χ0n) is 26.2. The van der Waals surface area contributed by atoms with Crippen LogP contribution in [0.1, 0.15) is 186 Å². The molecule has 0 aliphatic rings. The average Bonchev–Trinajstić information content (AvgIpc) is 2.92. The van der Waals surface area contributed by atoms with Crippen LogP contribution in [-0.4, -0.2) is 13.0 Å². The van der Waals surface area contributed by atoms with Crippen molar-refractivity contribution in [1.29, 1.82) is 0 Å². The van der Waals surface area contributed by atoms with Gasteiger partial charge in [0.15, 0.2) is 12.0 Å². The van der Waals surface area contributed by atoms with E-state index in [1.807, 2.05) is 0 Å². The van der Waals surface area contributed by atoms with Gasteiger partial charge in [0.25, 0.3) is 0 Å². The topological polar surface area (TPSA) is 58.2 Å². The van der Waals surface area contributed by atoms with Crippen molar-refractivity contribution in [3.8, 4) is 0 Å². The van der Waals surface area contributed by atoms with E-state index in [9.17, 15) is 13.0 Å². The van der Waals surface area contributed by atoms with Crippen molar-refractivity contribution in [2.24, 2.45) is 0 Å². The van der Waals surface area contributed by atoms with Gasteiger partial charge >= 0.3 is 10.3 Å². The highest BCUT2D eigenvalue weighted by atomic mass is 32.2. The van der Waals surface area contributed by atoms with Crippen molar-refractivity contribution in [1.82, 2.24) is 0 Å². The van der Waals surface area contributed by atoms with Crippen molar-refractivity contribution in [2.45, 2.75) is 187 Å². The fourth-order valence-electron chi connectivity index (χ4n) is 5.70. The number of hydrogen-bond acceptors (Lipinski definition) is 2. The van der Waals surface area contributed by atoms with E-state index in [1.54, 1.807) is 0 Å². The lowest BCUT2D eigenvalue weighted by atomic mass is 10.0. The first-order chi connectivity index (χ1) is 19.4. The standard InChI is InChI=1S/C34H62FNO3S/c1-3-5-7-9-11-13-14-15-16-17-18-19-21-22-24-26-28-32-30-31-36(40(37,38)39)33(34(32)35)29-27-25-23-20-12-10-8-6-4-2/h30-31H,3-29H2,1-2H3/p+1. The van der Waals surface area contributed by atoms with Crippen LogP contribution in [0.4, 0.5) is 4.39 Å². The lowest BCUT2D eigenvalue weighted by molar-refractivity contribution is -0.531. The third-order valence-corrected chi connectivity index (χ3v) is 9.12. The fourth-order valence-corrected chi connectivity index (χ4v) is 6.36. The van der Waals surface area contributed by atoms with Gasteiger partial charge in [0.05, 0.1) is 0 Å². The van der Waals surface area contributed by atoms with E-state index >= 15 is 4.39 Å². The van der Waals surface area contributed by atoms with Gasteiger partial charge in [-0.1, -0.05) is 165 Å². The molecule has 0 aliphatic heterocycles. The van der Waals surface area contributed by atoms with Crippen LogP contribution >= 0.6 is 0 Å². The molecular weight excluding hydrogens is 521 g/mol. The SMILES string of the molecule is CCCCCCCCCCCCCCCCCCc1cc[n+](S(=O)(=O)O)c(CCCCCCCCCCC)c1F.